The lowest BCUT2D eigenvalue weighted by molar-refractivity contribution is 0.466. The summed E-state index contributed by atoms with van der Waals surface area (Å²) in [6.07, 6.45) is 6.77. The van der Waals surface area contributed by atoms with Crippen LogP contribution in [-0.2, 0) is 6.42 Å². The minimum absolute atomic E-state index is 0.853. The van der Waals surface area contributed by atoms with Crippen molar-refractivity contribution in [3.05, 3.63) is 29.8 Å². The van der Waals surface area contributed by atoms with Gasteiger partial charge in [-0.15, -0.1) is 0 Å². The number of nitrogens with one attached hydrogen (secondary N) is 1. The quantitative estimate of drug-likeness (QED) is 0.733. The highest BCUT2D eigenvalue weighted by Gasteiger charge is 2.16. The van der Waals surface area contributed by atoms with Crippen molar-refractivity contribution in [3.8, 4) is 0 Å². The maximum atomic E-state index is 3.54. The molecule has 0 bridgehead atoms. The fourth-order valence-corrected chi connectivity index (χ4v) is 2.40. The lowest BCUT2D eigenvalue weighted by Gasteiger charge is -2.26. The Hall–Kier alpha value is -0.980. The van der Waals surface area contributed by atoms with Gasteiger partial charge in [0, 0.05) is 12.2 Å². The molecule has 1 aliphatic heterocycles. The van der Waals surface area contributed by atoms with Gasteiger partial charge >= 0.3 is 0 Å². The van der Waals surface area contributed by atoms with Crippen LogP contribution in [0.5, 0.6) is 0 Å². The average Bonchev–Trinajstić information content (AvgIpc) is 2.29. The first kappa shape index (κ1) is 10.5. The van der Waals surface area contributed by atoms with E-state index in [1.165, 1.54) is 49.9 Å². The molecule has 0 saturated heterocycles. The Morgan fingerprint density at radius 3 is 3.00 bits per heavy atom. The smallest absolute Gasteiger partial charge is 0.0372 e. The predicted octanol–water partition coefficient (Wildman–Crippen LogP) is 3.85. The highest BCUT2D eigenvalue weighted by Crippen LogP contribution is 2.26. The zero-order valence-electron chi connectivity index (χ0n) is 9.63. The van der Waals surface area contributed by atoms with E-state index in [4.69, 9.17) is 0 Å². The zero-order chi connectivity index (χ0) is 10.5. The van der Waals surface area contributed by atoms with Crippen molar-refractivity contribution in [2.24, 2.45) is 5.92 Å². The number of anilines is 1. The van der Waals surface area contributed by atoms with E-state index >= 15 is 0 Å². The van der Waals surface area contributed by atoms with E-state index < -0.39 is 0 Å². The summed E-state index contributed by atoms with van der Waals surface area (Å²) in [5.74, 6) is 0.853. The molecule has 0 saturated carbocycles. The van der Waals surface area contributed by atoms with E-state index in [0.717, 1.165) is 5.92 Å². The number of unbranched alkanes of at least 4 members (excludes halogenated alkanes) is 2. The van der Waals surface area contributed by atoms with Gasteiger partial charge in [-0.05, 0) is 30.4 Å². The second-order valence-corrected chi connectivity index (χ2v) is 4.60. The molecule has 0 unspecified atom stereocenters. The van der Waals surface area contributed by atoms with E-state index in [1.54, 1.807) is 0 Å². The van der Waals surface area contributed by atoms with E-state index in [0.29, 0.717) is 0 Å². The summed E-state index contributed by atoms with van der Waals surface area (Å²) in [4.78, 5) is 0. The Morgan fingerprint density at radius 1 is 1.27 bits per heavy atom. The van der Waals surface area contributed by atoms with Crippen molar-refractivity contribution < 1.29 is 0 Å². The zero-order valence-corrected chi connectivity index (χ0v) is 9.63. The second-order valence-electron chi connectivity index (χ2n) is 4.60. The molecular formula is C14H21N. The van der Waals surface area contributed by atoms with Crippen molar-refractivity contribution in [2.45, 2.75) is 39.0 Å². The molecule has 0 aliphatic carbocycles. The van der Waals surface area contributed by atoms with E-state index in [-0.39, 0.29) is 0 Å². The third-order valence-corrected chi connectivity index (χ3v) is 3.32. The number of fused-ring (bicyclic) bond motifs is 1. The molecule has 1 aromatic rings. The molecule has 1 N–H and O–H groups in total. The van der Waals surface area contributed by atoms with Gasteiger partial charge in [0.2, 0.25) is 0 Å². The van der Waals surface area contributed by atoms with E-state index in [9.17, 15) is 0 Å². The van der Waals surface area contributed by atoms with Gasteiger partial charge in [-0.25, -0.2) is 0 Å². The fraction of sp³-hybridized carbons (Fsp3) is 0.571. The molecule has 15 heavy (non-hydrogen) atoms. The lowest BCUT2D eigenvalue weighted by Crippen LogP contribution is -2.22. The summed E-state index contributed by atoms with van der Waals surface area (Å²) in [6, 6.07) is 8.71. The van der Waals surface area contributed by atoms with Gasteiger partial charge in [0.25, 0.3) is 0 Å². The SMILES string of the molecule is CCCCC[C@H]1CNc2ccccc2C1. The van der Waals surface area contributed by atoms with Crippen molar-refractivity contribution in [3.63, 3.8) is 0 Å². The first-order chi connectivity index (χ1) is 7.40. The molecule has 1 nitrogen and oxygen atoms in total. The van der Waals surface area contributed by atoms with Gasteiger partial charge in [0.1, 0.15) is 0 Å². The molecule has 0 spiro atoms. The molecule has 1 aromatic carbocycles. The largest absolute Gasteiger partial charge is 0.385 e. The van der Waals surface area contributed by atoms with Crippen molar-refractivity contribution in [1.82, 2.24) is 0 Å². The van der Waals surface area contributed by atoms with Crippen LogP contribution in [0.2, 0.25) is 0 Å². The number of hydrogen-bond donors (Lipinski definition) is 1. The van der Waals surface area contributed by atoms with Crippen LogP contribution < -0.4 is 5.32 Å². The van der Waals surface area contributed by atoms with Crippen LogP contribution in [-0.4, -0.2) is 6.54 Å². The van der Waals surface area contributed by atoms with Crippen LogP contribution in [0.4, 0.5) is 5.69 Å². The van der Waals surface area contributed by atoms with E-state index in [2.05, 4.69) is 36.5 Å². The maximum Gasteiger partial charge on any atom is 0.0372 e. The molecular weight excluding hydrogens is 182 g/mol. The summed E-state index contributed by atoms with van der Waals surface area (Å²) in [7, 11) is 0. The minimum atomic E-state index is 0.853. The van der Waals surface area contributed by atoms with Crippen molar-refractivity contribution in [2.75, 3.05) is 11.9 Å². The third kappa shape index (κ3) is 2.74. The topological polar surface area (TPSA) is 12.0 Å². The van der Waals surface area contributed by atoms with Crippen LogP contribution >= 0.6 is 0 Å². The van der Waals surface area contributed by atoms with Crippen LogP contribution in [0.3, 0.4) is 0 Å². The van der Waals surface area contributed by atoms with Gasteiger partial charge in [0.15, 0.2) is 0 Å². The minimum Gasteiger partial charge on any atom is -0.385 e. The Bertz CT molecular complexity index is 306. The number of rotatable bonds is 4. The number of hydrogen-bond acceptors (Lipinski definition) is 1. The number of benzene rings is 1. The van der Waals surface area contributed by atoms with Crippen LogP contribution in [0.25, 0.3) is 0 Å². The van der Waals surface area contributed by atoms with Crippen molar-refractivity contribution in [1.29, 1.82) is 0 Å². The maximum absolute atomic E-state index is 3.54. The van der Waals surface area contributed by atoms with Gasteiger partial charge in [-0.1, -0.05) is 44.4 Å². The van der Waals surface area contributed by atoms with Crippen LogP contribution in [0, 0.1) is 5.92 Å². The van der Waals surface area contributed by atoms with E-state index in [1.807, 2.05) is 0 Å². The summed E-state index contributed by atoms with van der Waals surface area (Å²) < 4.78 is 0. The molecule has 82 valence electrons. The fourth-order valence-electron chi connectivity index (χ4n) is 2.40. The highest BCUT2D eigenvalue weighted by atomic mass is 14.9. The van der Waals surface area contributed by atoms with Gasteiger partial charge in [0.05, 0.1) is 0 Å². The monoisotopic (exact) mass is 203 g/mol. The molecule has 2 rings (SSSR count). The highest BCUT2D eigenvalue weighted by molar-refractivity contribution is 5.53. The summed E-state index contributed by atoms with van der Waals surface area (Å²) in [5.41, 5.74) is 2.86. The molecule has 1 heterocycles. The Labute approximate surface area is 92.9 Å². The molecule has 0 fully saturated rings. The van der Waals surface area contributed by atoms with Crippen LogP contribution in [0.15, 0.2) is 24.3 Å². The van der Waals surface area contributed by atoms with Crippen molar-refractivity contribution >= 4 is 5.69 Å². The molecule has 1 heteroatoms. The summed E-state index contributed by atoms with van der Waals surface area (Å²) in [5, 5.41) is 3.54. The van der Waals surface area contributed by atoms with Crippen LogP contribution in [0.1, 0.15) is 38.2 Å². The van der Waals surface area contributed by atoms with Gasteiger partial charge < -0.3 is 5.32 Å². The first-order valence-electron chi connectivity index (χ1n) is 6.22. The molecule has 0 aromatic heterocycles. The second kappa shape index (κ2) is 5.20. The normalized spacial score (nSPS) is 19.4. The Kier molecular flexibility index (Phi) is 3.65. The first-order valence-corrected chi connectivity index (χ1v) is 6.22. The predicted molar refractivity (Wildman–Crippen MR) is 66.3 cm³/mol. The molecule has 1 aliphatic rings. The van der Waals surface area contributed by atoms with Gasteiger partial charge in [-0.2, -0.15) is 0 Å². The summed E-state index contributed by atoms with van der Waals surface area (Å²) in [6.45, 7) is 3.44. The molecule has 0 amide bonds. The Balaban J connectivity index is 1.88. The summed E-state index contributed by atoms with van der Waals surface area (Å²) >= 11 is 0. The van der Waals surface area contributed by atoms with Gasteiger partial charge in [-0.3, -0.25) is 0 Å². The average molecular weight is 203 g/mol. The molecule has 1 atom stereocenters. The standard InChI is InChI=1S/C14H21N/c1-2-3-4-7-12-10-13-8-5-6-9-14(13)15-11-12/h5-6,8-9,12,15H,2-4,7,10-11H2,1H3/t12-/m1/s1. The lowest BCUT2D eigenvalue weighted by atomic mass is 9.90. The third-order valence-electron chi connectivity index (χ3n) is 3.32. The number of para-hydroxylation sites is 1. The molecule has 0 radical (unpaired) electrons. The Morgan fingerprint density at radius 2 is 2.13 bits per heavy atom.